The predicted octanol–water partition coefficient (Wildman–Crippen LogP) is 4.45. The van der Waals surface area contributed by atoms with Gasteiger partial charge in [-0.1, -0.05) is 35.5 Å². The highest BCUT2D eigenvalue weighted by atomic mass is 16.5. The summed E-state index contributed by atoms with van der Waals surface area (Å²) in [6, 6.07) is 17.5. The van der Waals surface area contributed by atoms with Crippen molar-refractivity contribution < 1.29 is 18.8 Å². The van der Waals surface area contributed by atoms with Crippen LogP contribution in [0.2, 0.25) is 0 Å². The summed E-state index contributed by atoms with van der Waals surface area (Å²) < 4.78 is 18.0. The number of carbonyl (C=O) groups is 1. The summed E-state index contributed by atoms with van der Waals surface area (Å²) in [7, 11) is 0. The Balaban J connectivity index is 1.16. The Hall–Kier alpha value is -4.20. The Morgan fingerprint density at radius 2 is 2.03 bits per heavy atom. The maximum Gasteiger partial charge on any atom is 0.228 e. The smallest absolute Gasteiger partial charge is 0.228 e. The number of ether oxygens (including phenoxy) is 2. The van der Waals surface area contributed by atoms with Crippen LogP contribution in [0, 0.1) is 0 Å². The Bertz CT molecular complexity index is 1430. The van der Waals surface area contributed by atoms with Gasteiger partial charge in [0.15, 0.2) is 0 Å². The lowest BCUT2D eigenvalue weighted by Crippen LogP contribution is -2.20. The zero-order valence-corrected chi connectivity index (χ0v) is 18.2. The van der Waals surface area contributed by atoms with Gasteiger partial charge < -0.3 is 19.3 Å². The Kier molecular flexibility index (Phi) is 4.05. The lowest BCUT2D eigenvalue weighted by atomic mass is 9.92. The SMILES string of the molecule is O=C1CCc2c(Oc3ccc4c(c3)C3(Cc5nc(-c6ccccc6)no5)CC3O4)ccnc2N1. The zero-order chi connectivity index (χ0) is 22.7. The third-order valence-corrected chi connectivity index (χ3v) is 6.83. The molecule has 8 heteroatoms. The molecule has 0 spiro atoms. The number of hydrogen-bond donors (Lipinski definition) is 1. The van der Waals surface area contributed by atoms with E-state index in [0.29, 0.717) is 42.5 Å². The molecule has 2 aliphatic heterocycles. The summed E-state index contributed by atoms with van der Waals surface area (Å²) in [4.78, 5) is 20.6. The van der Waals surface area contributed by atoms with Crippen LogP contribution in [0.1, 0.15) is 29.9 Å². The molecule has 0 bridgehead atoms. The van der Waals surface area contributed by atoms with Crippen LogP contribution in [0.25, 0.3) is 11.4 Å². The molecule has 3 aliphatic rings. The monoisotopic (exact) mass is 452 g/mol. The lowest BCUT2D eigenvalue weighted by Gasteiger charge is -2.19. The molecule has 0 saturated heterocycles. The minimum Gasteiger partial charge on any atom is -0.489 e. The summed E-state index contributed by atoms with van der Waals surface area (Å²) in [5.41, 5.74) is 2.77. The molecular weight excluding hydrogens is 432 g/mol. The van der Waals surface area contributed by atoms with E-state index in [4.69, 9.17) is 14.0 Å². The maximum absolute atomic E-state index is 11.7. The molecule has 168 valence electrons. The number of rotatable bonds is 5. The van der Waals surface area contributed by atoms with Crippen LogP contribution in [0.5, 0.6) is 17.2 Å². The van der Waals surface area contributed by atoms with Crippen molar-refractivity contribution in [1.29, 1.82) is 0 Å². The highest BCUT2D eigenvalue weighted by molar-refractivity contribution is 5.93. The predicted molar refractivity (Wildman–Crippen MR) is 122 cm³/mol. The molecule has 1 saturated carbocycles. The second kappa shape index (κ2) is 7.15. The number of nitrogens with one attached hydrogen (secondary N) is 1. The number of pyridine rings is 1. The highest BCUT2D eigenvalue weighted by Crippen LogP contribution is 2.61. The van der Waals surface area contributed by atoms with Crippen LogP contribution in [0.15, 0.2) is 65.3 Å². The first-order valence-electron chi connectivity index (χ1n) is 11.3. The standard InChI is InChI=1S/C26H20N4O4/c31-22-9-7-17-19(10-11-27-25(17)28-22)32-16-6-8-20-18(12-16)26(13-21(26)33-20)14-23-29-24(30-34-23)15-4-2-1-3-5-15/h1-6,8,10-12,21H,7,9,13-14H2,(H,27,28,31). The van der Waals surface area contributed by atoms with E-state index < -0.39 is 0 Å². The minimum absolute atomic E-state index is 0.0232. The third-order valence-electron chi connectivity index (χ3n) is 6.83. The first-order chi connectivity index (χ1) is 16.7. The average molecular weight is 452 g/mol. The fourth-order valence-corrected chi connectivity index (χ4v) is 4.99. The van der Waals surface area contributed by atoms with E-state index in [1.165, 1.54) is 0 Å². The quantitative estimate of drug-likeness (QED) is 0.477. The third kappa shape index (κ3) is 3.06. The largest absolute Gasteiger partial charge is 0.489 e. The van der Waals surface area contributed by atoms with E-state index >= 15 is 0 Å². The first kappa shape index (κ1) is 19.3. The van der Waals surface area contributed by atoms with Gasteiger partial charge in [-0.2, -0.15) is 4.98 Å². The van der Waals surface area contributed by atoms with Crippen molar-refractivity contribution in [3.8, 4) is 28.6 Å². The minimum atomic E-state index is -0.180. The molecule has 0 radical (unpaired) electrons. The van der Waals surface area contributed by atoms with Gasteiger partial charge in [-0.15, -0.1) is 0 Å². The molecule has 1 N–H and O–H groups in total. The van der Waals surface area contributed by atoms with Gasteiger partial charge in [0.1, 0.15) is 29.2 Å². The van der Waals surface area contributed by atoms with Gasteiger partial charge in [-0.3, -0.25) is 4.79 Å². The zero-order valence-electron chi connectivity index (χ0n) is 18.2. The number of fused-ring (bicyclic) bond motifs is 4. The molecular formula is C26H20N4O4. The molecule has 2 aromatic heterocycles. The molecule has 2 unspecified atom stereocenters. The van der Waals surface area contributed by atoms with E-state index in [9.17, 15) is 4.79 Å². The van der Waals surface area contributed by atoms with Crippen molar-refractivity contribution in [2.75, 3.05) is 5.32 Å². The number of amides is 1. The van der Waals surface area contributed by atoms with E-state index in [1.54, 1.807) is 6.20 Å². The van der Waals surface area contributed by atoms with E-state index in [1.807, 2.05) is 54.6 Å². The topological polar surface area (TPSA) is 99.4 Å². The maximum atomic E-state index is 11.7. The van der Waals surface area contributed by atoms with Crippen LogP contribution in [-0.2, 0) is 23.1 Å². The number of anilines is 1. The van der Waals surface area contributed by atoms with Gasteiger partial charge in [0.2, 0.25) is 17.6 Å². The van der Waals surface area contributed by atoms with Gasteiger partial charge in [-0.05, 0) is 37.1 Å². The van der Waals surface area contributed by atoms with Crippen LogP contribution in [0.4, 0.5) is 5.82 Å². The molecule has 4 heterocycles. The van der Waals surface area contributed by atoms with Crippen LogP contribution in [-0.4, -0.2) is 27.1 Å². The van der Waals surface area contributed by atoms with Crippen LogP contribution in [0.3, 0.4) is 0 Å². The molecule has 1 aliphatic carbocycles. The van der Waals surface area contributed by atoms with Gasteiger partial charge >= 0.3 is 0 Å². The van der Waals surface area contributed by atoms with Crippen molar-refractivity contribution in [3.63, 3.8) is 0 Å². The molecule has 7 rings (SSSR count). The molecule has 1 fully saturated rings. The Labute approximate surface area is 194 Å². The lowest BCUT2D eigenvalue weighted by molar-refractivity contribution is -0.116. The first-order valence-corrected chi connectivity index (χ1v) is 11.3. The second-order valence-electron chi connectivity index (χ2n) is 8.97. The van der Waals surface area contributed by atoms with Gasteiger partial charge in [0.25, 0.3) is 0 Å². The van der Waals surface area contributed by atoms with Crippen molar-refractivity contribution in [1.82, 2.24) is 15.1 Å². The van der Waals surface area contributed by atoms with Crippen molar-refractivity contribution in [2.45, 2.75) is 37.2 Å². The fourth-order valence-electron chi connectivity index (χ4n) is 4.99. The summed E-state index contributed by atoms with van der Waals surface area (Å²) in [5.74, 6) is 4.03. The number of carbonyl (C=O) groups excluding carboxylic acids is 1. The fraction of sp³-hybridized carbons (Fsp3) is 0.231. The summed E-state index contributed by atoms with van der Waals surface area (Å²) in [6.07, 6.45) is 4.30. The Morgan fingerprint density at radius 1 is 1.12 bits per heavy atom. The molecule has 1 amide bonds. The van der Waals surface area contributed by atoms with E-state index in [0.717, 1.165) is 34.6 Å². The average Bonchev–Trinajstić information content (AvgIpc) is 3.19. The van der Waals surface area contributed by atoms with Gasteiger partial charge in [0, 0.05) is 41.1 Å². The normalized spacial score (nSPS) is 21.6. The summed E-state index contributed by atoms with van der Waals surface area (Å²) in [6.45, 7) is 0. The highest BCUT2D eigenvalue weighted by Gasteiger charge is 2.63. The molecule has 2 atom stereocenters. The van der Waals surface area contributed by atoms with Crippen LogP contribution >= 0.6 is 0 Å². The Morgan fingerprint density at radius 3 is 2.94 bits per heavy atom. The molecule has 2 aromatic carbocycles. The number of benzene rings is 2. The molecule has 4 aromatic rings. The second-order valence-corrected chi connectivity index (χ2v) is 8.97. The van der Waals surface area contributed by atoms with E-state index in [2.05, 4.69) is 20.4 Å². The summed E-state index contributed by atoms with van der Waals surface area (Å²) in [5, 5.41) is 6.98. The number of hydrogen-bond acceptors (Lipinski definition) is 7. The number of aromatic nitrogens is 3. The molecule has 34 heavy (non-hydrogen) atoms. The summed E-state index contributed by atoms with van der Waals surface area (Å²) >= 11 is 0. The van der Waals surface area contributed by atoms with Crippen molar-refractivity contribution in [3.05, 3.63) is 77.8 Å². The van der Waals surface area contributed by atoms with E-state index in [-0.39, 0.29) is 17.4 Å². The van der Waals surface area contributed by atoms with Gasteiger partial charge in [-0.25, -0.2) is 4.98 Å². The van der Waals surface area contributed by atoms with Crippen LogP contribution < -0.4 is 14.8 Å². The van der Waals surface area contributed by atoms with Crippen molar-refractivity contribution >= 4 is 11.7 Å². The van der Waals surface area contributed by atoms with Crippen molar-refractivity contribution in [2.24, 2.45) is 0 Å². The molecule has 8 nitrogen and oxygen atoms in total. The number of nitrogens with zero attached hydrogens (tertiary/aromatic N) is 3. The van der Waals surface area contributed by atoms with Gasteiger partial charge in [0.05, 0.1) is 0 Å².